The van der Waals surface area contributed by atoms with Crippen molar-refractivity contribution >= 4 is 22.5 Å². The number of Topliss-reactive ketones (excluding diaryl/α,β-unsaturated/α-hetero) is 1. The summed E-state index contributed by atoms with van der Waals surface area (Å²) in [7, 11) is -1.17. The summed E-state index contributed by atoms with van der Waals surface area (Å²) in [4.78, 5) is 25.1. The standard InChI is InChI=1S/C13H21NO3S/c15-11-5-4-6-12(9-11)18(17)10-13(16)14-7-2-1-3-8-14/h12H,1-10H2. The van der Waals surface area contributed by atoms with Gasteiger partial charge in [0.05, 0.1) is 0 Å². The summed E-state index contributed by atoms with van der Waals surface area (Å²) in [6.45, 7) is 1.61. The lowest BCUT2D eigenvalue weighted by Gasteiger charge is -2.27. The van der Waals surface area contributed by atoms with E-state index < -0.39 is 10.8 Å². The van der Waals surface area contributed by atoms with Crippen LogP contribution in [0.5, 0.6) is 0 Å². The van der Waals surface area contributed by atoms with Crippen LogP contribution in [0.3, 0.4) is 0 Å². The summed E-state index contributed by atoms with van der Waals surface area (Å²) >= 11 is 0. The molecule has 2 unspecified atom stereocenters. The van der Waals surface area contributed by atoms with Gasteiger partial charge in [0.1, 0.15) is 11.5 Å². The van der Waals surface area contributed by atoms with Gasteiger partial charge in [-0.3, -0.25) is 13.8 Å². The minimum Gasteiger partial charge on any atom is -0.342 e. The highest BCUT2D eigenvalue weighted by Crippen LogP contribution is 2.20. The van der Waals surface area contributed by atoms with Gasteiger partial charge in [-0.1, -0.05) is 0 Å². The largest absolute Gasteiger partial charge is 0.342 e. The lowest BCUT2D eigenvalue weighted by atomic mass is 9.99. The van der Waals surface area contributed by atoms with Crippen LogP contribution in [0.15, 0.2) is 0 Å². The average Bonchev–Trinajstić information content (AvgIpc) is 2.39. The monoisotopic (exact) mass is 271 g/mol. The van der Waals surface area contributed by atoms with E-state index >= 15 is 0 Å². The number of piperidine rings is 1. The third-order valence-corrected chi connectivity index (χ3v) is 5.46. The van der Waals surface area contributed by atoms with Gasteiger partial charge in [-0.25, -0.2) is 0 Å². The zero-order valence-electron chi connectivity index (χ0n) is 10.7. The Morgan fingerprint density at radius 1 is 1.22 bits per heavy atom. The van der Waals surface area contributed by atoms with Gasteiger partial charge in [0.25, 0.3) is 0 Å². The van der Waals surface area contributed by atoms with E-state index in [9.17, 15) is 13.8 Å². The van der Waals surface area contributed by atoms with E-state index in [1.165, 1.54) is 6.42 Å². The molecule has 0 N–H and O–H groups in total. The number of amides is 1. The number of likely N-dealkylation sites (tertiary alicyclic amines) is 1. The molecule has 1 saturated heterocycles. The Bertz CT molecular complexity index is 350. The molecule has 1 saturated carbocycles. The fourth-order valence-corrected chi connectivity index (χ4v) is 4.15. The molecule has 0 spiro atoms. The molecule has 0 aromatic carbocycles. The first-order valence-electron chi connectivity index (χ1n) is 6.83. The van der Waals surface area contributed by atoms with Gasteiger partial charge in [-0.2, -0.15) is 0 Å². The maximum Gasteiger partial charge on any atom is 0.235 e. The molecule has 2 fully saturated rings. The van der Waals surface area contributed by atoms with Gasteiger partial charge in [-0.15, -0.1) is 0 Å². The van der Waals surface area contributed by atoms with Crippen LogP contribution in [0.2, 0.25) is 0 Å². The number of ketones is 1. The maximum atomic E-state index is 12.1. The molecule has 1 aliphatic carbocycles. The second-order valence-electron chi connectivity index (χ2n) is 5.22. The number of carbonyl (C=O) groups excluding carboxylic acids is 2. The average molecular weight is 271 g/mol. The zero-order chi connectivity index (χ0) is 13.0. The van der Waals surface area contributed by atoms with E-state index in [0.717, 1.165) is 38.8 Å². The Morgan fingerprint density at radius 2 is 1.94 bits per heavy atom. The fraction of sp³-hybridized carbons (Fsp3) is 0.846. The van der Waals surface area contributed by atoms with E-state index in [-0.39, 0.29) is 22.7 Å². The predicted octanol–water partition coefficient (Wildman–Crippen LogP) is 1.26. The molecule has 2 aliphatic rings. The molecular formula is C13H21NO3S. The summed E-state index contributed by atoms with van der Waals surface area (Å²) < 4.78 is 12.1. The van der Waals surface area contributed by atoms with E-state index in [1.807, 2.05) is 4.90 Å². The Hall–Kier alpha value is -0.710. The smallest absolute Gasteiger partial charge is 0.235 e. The van der Waals surface area contributed by atoms with Crippen molar-refractivity contribution in [1.29, 1.82) is 0 Å². The number of rotatable bonds is 3. The number of hydrogen-bond acceptors (Lipinski definition) is 3. The van der Waals surface area contributed by atoms with E-state index in [0.29, 0.717) is 12.8 Å². The molecule has 4 nitrogen and oxygen atoms in total. The van der Waals surface area contributed by atoms with Crippen LogP contribution in [0, 0.1) is 0 Å². The number of nitrogens with zero attached hydrogens (tertiary/aromatic N) is 1. The van der Waals surface area contributed by atoms with Crippen LogP contribution >= 0.6 is 0 Å². The lowest BCUT2D eigenvalue weighted by Crippen LogP contribution is -2.40. The highest BCUT2D eigenvalue weighted by Gasteiger charge is 2.27. The van der Waals surface area contributed by atoms with Gasteiger partial charge in [0.15, 0.2) is 0 Å². The van der Waals surface area contributed by atoms with Gasteiger partial charge in [0.2, 0.25) is 5.91 Å². The van der Waals surface area contributed by atoms with Crippen LogP contribution in [-0.4, -0.2) is 44.9 Å². The fourth-order valence-electron chi connectivity index (χ4n) is 2.68. The number of carbonyl (C=O) groups is 2. The third-order valence-electron chi connectivity index (χ3n) is 3.78. The molecule has 2 atom stereocenters. The first-order chi connectivity index (χ1) is 8.66. The summed E-state index contributed by atoms with van der Waals surface area (Å²) in [5, 5.41) is -0.0833. The zero-order valence-corrected chi connectivity index (χ0v) is 11.5. The highest BCUT2D eigenvalue weighted by molar-refractivity contribution is 7.86. The first-order valence-corrected chi connectivity index (χ1v) is 8.21. The summed E-state index contributed by atoms with van der Waals surface area (Å²) in [6, 6.07) is 0. The molecule has 18 heavy (non-hydrogen) atoms. The van der Waals surface area contributed by atoms with Gasteiger partial charge in [-0.05, 0) is 32.1 Å². The van der Waals surface area contributed by atoms with Crippen molar-refractivity contribution in [2.75, 3.05) is 18.8 Å². The Labute approximate surface area is 111 Å². The topological polar surface area (TPSA) is 54.5 Å². The quantitative estimate of drug-likeness (QED) is 0.776. The van der Waals surface area contributed by atoms with Crippen LogP contribution < -0.4 is 0 Å². The molecule has 0 radical (unpaired) electrons. The molecule has 102 valence electrons. The minimum absolute atomic E-state index is 0.00561. The summed E-state index contributed by atoms with van der Waals surface area (Å²) in [6.07, 6.45) is 5.97. The van der Waals surface area contributed by atoms with E-state index in [4.69, 9.17) is 0 Å². The van der Waals surface area contributed by atoms with Crippen LogP contribution in [0.4, 0.5) is 0 Å². The number of hydrogen-bond donors (Lipinski definition) is 0. The highest BCUT2D eigenvalue weighted by atomic mass is 32.2. The van der Waals surface area contributed by atoms with Gasteiger partial charge < -0.3 is 4.90 Å². The van der Waals surface area contributed by atoms with E-state index in [2.05, 4.69) is 0 Å². The Kier molecular flexibility index (Phi) is 4.92. The summed E-state index contributed by atoms with van der Waals surface area (Å²) in [5.41, 5.74) is 0. The lowest BCUT2D eigenvalue weighted by molar-refractivity contribution is -0.129. The van der Waals surface area contributed by atoms with Crippen molar-refractivity contribution in [3.63, 3.8) is 0 Å². The van der Waals surface area contributed by atoms with Gasteiger partial charge in [0, 0.05) is 42.0 Å². The molecule has 0 bridgehead atoms. The van der Waals surface area contributed by atoms with Crippen molar-refractivity contribution < 1.29 is 13.8 Å². The molecular weight excluding hydrogens is 250 g/mol. The molecule has 0 aromatic rings. The normalized spacial score (nSPS) is 27.0. The second-order valence-corrected chi connectivity index (χ2v) is 6.94. The molecule has 0 aromatic heterocycles. The molecule has 2 rings (SSSR count). The minimum atomic E-state index is -1.17. The molecule has 5 heteroatoms. The first kappa shape index (κ1) is 13.7. The van der Waals surface area contributed by atoms with Crippen molar-refractivity contribution in [3.8, 4) is 0 Å². The third kappa shape index (κ3) is 3.64. The van der Waals surface area contributed by atoms with Crippen LogP contribution in [0.1, 0.15) is 44.9 Å². The van der Waals surface area contributed by atoms with Crippen molar-refractivity contribution in [2.45, 2.75) is 50.2 Å². The maximum absolute atomic E-state index is 12.1. The van der Waals surface area contributed by atoms with Crippen LogP contribution in [0.25, 0.3) is 0 Å². The second kappa shape index (κ2) is 6.45. The van der Waals surface area contributed by atoms with Crippen molar-refractivity contribution in [3.05, 3.63) is 0 Å². The molecule has 1 aliphatic heterocycles. The summed E-state index contributed by atoms with van der Waals surface area (Å²) in [5.74, 6) is 0.314. The molecule has 1 amide bonds. The SMILES string of the molecule is O=C1CCCC(S(=O)CC(=O)N2CCCCC2)C1. The Morgan fingerprint density at radius 3 is 2.61 bits per heavy atom. The van der Waals surface area contributed by atoms with Crippen molar-refractivity contribution in [2.24, 2.45) is 0 Å². The van der Waals surface area contributed by atoms with Gasteiger partial charge >= 0.3 is 0 Å². The van der Waals surface area contributed by atoms with Crippen LogP contribution in [-0.2, 0) is 20.4 Å². The molecule has 1 heterocycles. The predicted molar refractivity (Wildman–Crippen MR) is 70.7 cm³/mol. The van der Waals surface area contributed by atoms with Crippen molar-refractivity contribution in [1.82, 2.24) is 4.90 Å². The Balaban J connectivity index is 1.82. The van der Waals surface area contributed by atoms with E-state index in [1.54, 1.807) is 0 Å².